The molecule has 3 rings (SSSR count). The summed E-state index contributed by atoms with van der Waals surface area (Å²) >= 11 is 1.68. The molecule has 6 nitrogen and oxygen atoms in total. The molecule has 3 heterocycles. The van der Waals surface area contributed by atoms with Crippen LogP contribution in [0, 0.1) is 0 Å². The summed E-state index contributed by atoms with van der Waals surface area (Å²) in [6.45, 7) is 1.26. The molecule has 0 atom stereocenters. The van der Waals surface area contributed by atoms with Crippen molar-refractivity contribution in [2.45, 2.75) is 31.7 Å². The third-order valence-electron chi connectivity index (χ3n) is 4.11. The molecule has 2 amide bonds. The second-order valence-electron chi connectivity index (χ2n) is 5.80. The highest BCUT2D eigenvalue weighted by molar-refractivity contribution is 7.09. The van der Waals surface area contributed by atoms with Crippen molar-refractivity contribution in [3.8, 4) is 0 Å². The number of carbonyl (C=O) groups is 2. The number of hydrogen-bond acceptors (Lipinski definition) is 5. The fraction of sp³-hybridized carbons (Fsp3) is 0.412. The van der Waals surface area contributed by atoms with Gasteiger partial charge in [0.05, 0.1) is 6.20 Å². The summed E-state index contributed by atoms with van der Waals surface area (Å²) < 4.78 is 0. The molecule has 24 heavy (non-hydrogen) atoms. The average molecular weight is 344 g/mol. The fourth-order valence-corrected chi connectivity index (χ4v) is 3.50. The van der Waals surface area contributed by atoms with Gasteiger partial charge in [-0.2, -0.15) is 0 Å². The standard InChI is InChI=1S/C17H20N4O2S/c22-16(4-3-14-2-1-11-24-14)20-13-5-9-21(10-6-13)17(23)15-12-18-7-8-19-15/h1-2,7-8,11-13H,3-6,9-10H2,(H,20,22). The molecule has 0 unspecified atom stereocenters. The van der Waals surface area contributed by atoms with Gasteiger partial charge in [-0.15, -0.1) is 11.3 Å². The normalized spacial score (nSPS) is 15.2. The van der Waals surface area contributed by atoms with Gasteiger partial charge in [-0.1, -0.05) is 6.07 Å². The Morgan fingerprint density at radius 3 is 2.79 bits per heavy atom. The van der Waals surface area contributed by atoms with Crippen LogP contribution >= 0.6 is 11.3 Å². The van der Waals surface area contributed by atoms with E-state index in [1.54, 1.807) is 22.4 Å². The number of nitrogens with zero attached hydrogens (tertiary/aromatic N) is 3. The predicted octanol–water partition coefficient (Wildman–Crippen LogP) is 1.89. The molecule has 126 valence electrons. The number of hydrogen-bond donors (Lipinski definition) is 1. The van der Waals surface area contributed by atoms with Crippen LogP contribution in [0.3, 0.4) is 0 Å². The number of nitrogens with one attached hydrogen (secondary N) is 1. The Morgan fingerprint density at radius 2 is 2.12 bits per heavy atom. The van der Waals surface area contributed by atoms with Gasteiger partial charge < -0.3 is 10.2 Å². The minimum atomic E-state index is -0.0921. The van der Waals surface area contributed by atoms with Crippen molar-refractivity contribution in [2.75, 3.05) is 13.1 Å². The first-order chi connectivity index (χ1) is 11.7. The van der Waals surface area contributed by atoms with Gasteiger partial charge in [0.1, 0.15) is 5.69 Å². The fourth-order valence-electron chi connectivity index (χ4n) is 2.79. The number of aromatic nitrogens is 2. The van der Waals surface area contributed by atoms with E-state index in [0.29, 0.717) is 25.2 Å². The predicted molar refractivity (Wildman–Crippen MR) is 91.7 cm³/mol. The second kappa shape index (κ2) is 8.01. The lowest BCUT2D eigenvalue weighted by Crippen LogP contribution is -2.46. The minimum Gasteiger partial charge on any atom is -0.353 e. The van der Waals surface area contributed by atoms with Crippen molar-refractivity contribution in [3.05, 3.63) is 46.7 Å². The molecule has 0 radical (unpaired) electrons. The van der Waals surface area contributed by atoms with Gasteiger partial charge in [0.15, 0.2) is 0 Å². The monoisotopic (exact) mass is 344 g/mol. The molecule has 0 saturated carbocycles. The SMILES string of the molecule is O=C(CCc1cccs1)NC1CCN(C(=O)c2cnccn2)CC1. The molecule has 0 aliphatic carbocycles. The van der Waals surface area contributed by atoms with Crippen molar-refractivity contribution in [3.63, 3.8) is 0 Å². The Labute approximate surface area is 144 Å². The van der Waals surface area contributed by atoms with Crippen molar-refractivity contribution in [1.29, 1.82) is 0 Å². The summed E-state index contributed by atoms with van der Waals surface area (Å²) in [4.78, 5) is 35.3. The number of carbonyl (C=O) groups excluding carboxylic acids is 2. The van der Waals surface area contributed by atoms with Crippen LogP contribution in [-0.2, 0) is 11.2 Å². The first-order valence-corrected chi connectivity index (χ1v) is 8.97. The van der Waals surface area contributed by atoms with E-state index in [9.17, 15) is 9.59 Å². The van der Waals surface area contributed by atoms with Gasteiger partial charge in [-0.3, -0.25) is 14.6 Å². The zero-order valence-corrected chi connectivity index (χ0v) is 14.2. The van der Waals surface area contributed by atoms with E-state index in [1.807, 2.05) is 11.4 Å². The third-order valence-corrected chi connectivity index (χ3v) is 5.04. The van der Waals surface area contributed by atoms with Gasteiger partial charge in [0.2, 0.25) is 5.91 Å². The molecule has 7 heteroatoms. The zero-order chi connectivity index (χ0) is 16.8. The highest BCUT2D eigenvalue weighted by Crippen LogP contribution is 2.14. The first kappa shape index (κ1) is 16.6. The molecule has 1 aliphatic rings. The van der Waals surface area contributed by atoms with Crippen molar-refractivity contribution < 1.29 is 9.59 Å². The van der Waals surface area contributed by atoms with E-state index in [4.69, 9.17) is 0 Å². The van der Waals surface area contributed by atoms with Gasteiger partial charge in [-0.25, -0.2) is 4.98 Å². The maximum Gasteiger partial charge on any atom is 0.274 e. The van der Waals surface area contributed by atoms with Crippen LogP contribution in [-0.4, -0.2) is 45.8 Å². The largest absolute Gasteiger partial charge is 0.353 e. The van der Waals surface area contributed by atoms with E-state index < -0.39 is 0 Å². The summed E-state index contributed by atoms with van der Waals surface area (Å²) in [7, 11) is 0. The van der Waals surface area contributed by atoms with E-state index >= 15 is 0 Å². The van der Waals surface area contributed by atoms with Gasteiger partial charge in [0, 0.05) is 42.8 Å². The minimum absolute atomic E-state index is 0.0853. The summed E-state index contributed by atoms with van der Waals surface area (Å²) in [5.41, 5.74) is 0.371. The van der Waals surface area contributed by atoms with Crippen molar-refractivity contribution >= 4 is 23.2 Å². The molecular weight excluding hydrogens is 324 g/mol. The lowest BCUT2D eigenvalue weighted by Gasteiger charge is -2.32. The highest BCUT2D eigenvalue weighted by atomic mass is 32.1. The van der Waals surface area contributed by atoms with Gasteiger partial charge in [-0.05, 0) is 30.7 Å². The molecule has 0 bridgehead atoms. The molecular formula is C17H20N4O2S. The number of thiophene rings is 1. The van der Waals surface area contributed by atoms with Crippen LogP contribution in [0.5, 0.6) is 0 Å². The average Bonchev–Trinajstić information content (AvgIpc) is 3.14. The summed E-state index contributed by atoms with van der Waals surface area (Å²) in [5, 5.41) is 5.11. The van der Waals surface area contributed by atoms with Crippen LogP contribution in [0.15, 0.2) is 36.1 Å². The molecule has 1 fully saturated rings. The maximum absolute atomic E-state index is 12.3. The number of likely N-dealkylation sites (tertiary alicyclic amines) is 1. The van der Waals surface area contributed by atoms with Crippen molar-refractivity contribution in [1.82, 2.24) is 20.2 Å². The third kappa shape index (κ3) is 4.38. The smallest absolute Gasteiger partial charge is 0.274 e. The summed E-state index contributed by atoms with van der Waals surface area (Å²) in [5.74, 6) is -0.00678. The van der Waals surface area contributed by atoms with E-state index in [1.165, 1.54) is 17.3 Å². The van der Waals surface area contributed by atoms with Gasteiger partial charge in [0.25, 0.3) is 5.91 Å². The summed E-state index contributed by atoms with van der Waals surface area (Å²) in [6, 6.07) is 4.20. The molecule has 0 spiro atoms. The molecule has 1 saturated heterocycles. The second-order valence-corrected chi connectivity index (χ2v) is 6.84. The van der Waals surface area contributed by atoms with Crippen LogP contribution in [0.2, 0.25) is 0 Å². The quantitative estimate of drug-likeness (QED) is 0.899. The summed E-state index contributed by atoms with van der Waals surface area (Å²) in [6.07, 6.45) is 7.41. The van der Waals surface area contributed by atoms with E-state index in [2.05, 4.69) is 21.4 Å². The molecule has 2 aromatic rings. The number of amides is 2. The molecule has 2 aromatic heterocycles. The number of aryl methyl sites for hydroxylation is 1. The molecule has 1 aliphatic heterocycles. The first-order valence-electron chi connectivity index (χ1n) is 8.09. The Hall–Kier alpha value is -2.28. The van der Waals surface area contributed by atoms with Crippen molar-refractivity contribution in [2.24, 2.45) is 0 Å². The highest BCUT2D eigenvalue weighted by Gasteiger charge is 2.25. The van der Waals surface area contributed by atoms with Crippen LogP contribution in [0.4, 0.5) is 0 Å². The Bertz CT molecular complexity index is 667. The topological polar surface area (TPSA) is 75.2 Å². The van der Waals surface area contributed by atoms with Crippen LogP contribution < -0.4 is 5.32 Å². The lowest BCUT2D eigenvalue weighted by atomic mass is 10.0. The molecule has 1 N–H and O–H groups in total. The maximum atomic E-state index is 12.3. The Kier molecular flexibility index (Phi) is 5.53. The Balaban J connectivity index is 1.42. The lowest BCUT2D eigenvalue weighted by molar-refractivity contribution is -0.122. The van der Waals surface area contributed by atoms with Gasteiger partial charge >= 0.3 is 0 Å². The van der Waals surface area contributed by atoms with E-state index in [0.717, 1.165) is 19.3 Å². The van der Waals surface area contributed by atoms with Crippen LogP contribution in [0.1, 0.15) is 34.6 Å². The van der Waals surface area contributed by atoms with E-state index in [-0.39, 0.29) is 17.9 Å². The van der Waals surface area contributed by atoms with Crippen LogP contribution in [0.25, 0.3) is 0 Å². The number of piperidine rings is 1. The Morgan fingerprint density at radius 1 is 1.29 bits per heavy atom. The zero-order valence-electron chi connectivity index (χ0n) is 13.4. The molecule has 0 aromatic carbocycles. The number of rotatable bonds is 5.